The van der Waals surface area contributed by atoms with Crippen LogP contribution in [0.25, 0.3) is 11.1 Å². The molecule has 3 heterocycles. The third-order valence-electron chi connectivity index (χ3n) is 3.38. The zero-order chi connectivity index (χ0) is 12.9. The molecule has 2 N–H and O–H groups in total. The molecule has 1 unspecified atom stereocenters. The Labute approximate surface area is 112 Å². The van der Waals surface area contributed by atoms with Crippen molar-refractivity contribution in [3.8, 4) is 11.1 Å². The van der Waals surface area contributed by atoms with Gasteiger partial charge in [-0.3, -0.25) is 4.98 Å². The highest BCUT2D eigenvalue weighted by atomic mass is 15.1. The van der Waals surface area contributed by atoms with Gasteiger partial charge in [0, 0.05) is 36.9 Å². The van der Waals surface area contributed by atoms with Crippen molar-refractivity contribution in [2.75, 3.05) is 25.0 Å². The molecule has 2 aromatic heterocycles. The molecule has 1 aliphatic rings. The van der Waals surface area contributed by atoms with Crippen LogP contribution < -0.4 is 10.6 Å². The van der Waals surface area contributed by atoms with E-state index in [1.54, 1.807) is 12.4 Å². The summed E-state index contributed by atoms with van der Waals surface area (Å²) in [5.74, 6) is 1.38. The van der Waals surface area contributed by atoms with E-state index in [-0.39, 0.29) is 0 Å². The first-order valence-electron chi connectivity index (χ1n) is 6.59. The zero-order valence-corrected chi connectivity index (χ0v) is 10.7. The van der Waals surface area contributed by atoms with Crippen LogP contribution in [-0.2, 0) is 0 Å². The Hall–Kier alpha value is -2.01. The SMILES string of the molecule is c1cc(-c2cnc(NCC3CCNC3)nc2)ccn1. The minimum Gasteiger partial charge on any atom is -0.354 e. The van der Waals surface area contributed by atoms with Gasteiger partial charge in [0.05, 0.1) is 0 Å². The first-order valence-corrected chi connectivity index (χ1v) is 6.59. The largest absolute Gasteiger partial charge is 0.354 e. The van der Waals surface area contributed by atoms with Crippen LogP contribution in [0.2, 0.25) is 0 Å². The van der Waals surface area contributed by atoms with Crippen molar-refractivity contribution in [1.29, 1.82) is 0 Å². The maximum Gasteiger partial charge on any atom is 0.222 e. The fraction of sp³-hybridized carbons (Fsp3) is 0.357. The second kappa shape index (κ2) is 5.75. The number of pyridine rings is 1. The van der Waals surface area contributed by atoms with Crippen LogP contribution in [0, 0.1) is 5.92 Å². The van der Waals surface area contributed by atoms with E-state index in [2.05, 4.69) is 25.6 Å². The number of aromatic nitrogens is 3. The number of nitrogens with one attached hydrogen (secondary N) is 2. The van der Waals surface area contributed by atoms with Crippen molar-refractivity contribution in [1.82, 2.24) is 20.3 Å². The fourth-order valence-corrected chi connectivity index (χ4v) is 2.24. The first kappa shape index (κ1) is 12.0. The van der Waals surface area contributed by atoms with Crippen LogP contribution in [-0.4, -0.2) is 34.6 Å². The highest BCUT2D eigenvalue weighted by Gasteiger charge is 2.14. The van der Waals surface area contributed by atoms with E-state index >= 15 is 0 Å². The van der Waals surface area contributed by atoms with Gasteiger partial charge in [-0.15, -0.1) is 0 Å². The fourth-order valence-electron chi connectivity index (χ4n) is 2.24. The van der Waals surface area contributed by atoms with Gasteiger partial charge in [0.25, 0.3) is 0 Å². The maximum atomic E-state index is 4.35. The molecule has 5 heteroatoms. The average Bonchev–Trinajstić information content (AvgIpc) is 3.00. The smallest absolute Gasteiger partial charge is 0.222 e. The lowest BCUT2D eigenvalue weighted by Gasteiger charge is -2.09. The average molecular weight is 255 g/mol. The summed E-state index contributed by atoms with van der Waals surface area (Å²) in [6, 6.07) is 3.91. The van der Waals surface area contributed by atoms with Crippen molar-refractivity contribution in [2.24, 2.45) is 5.92 Å². The van der Waals surface area contributed by atoms with Crippen LogP contribution in [0.4, 0.5) is 5.95 Å². The molecule has 5 nitrogen and oxygen atoms in total. The molecular formula is C14H17N5. The molecule has 0 saturated carbocycles. The molecular weight excluding hydrogens is 238 g/mol. The third kappa shape index (κ3) is 3.06. The van der Waals surface area contributed by atoms with Crippen molar-refractivity contribution < 1.29 is 0 Å². The maximum absolute atomic E-state index is 4.35. The Morgan fingerprint density at radius 2 is 1.95 bits per heavy atom. The molecule has 2 aromatic rings. The van der Waals surface area contributed by atoms with Crippen LogP contribution in [0.15, 0.2) is 36.9 Å². The van der Waals surface area contributed by atoms with Gasteiger partial charge in [-0.25, -0.2) is 9.97 Å². The summed E-state index contributed by atoms with van der Waals surface area (Å²) in [4.78, 5) is 12.7. The molecule has 98 valence electrons. The van der Waals surface area contributed by atoms with Gasteiger partial charge in [0.1, 0.15) is 0 Å². The molecule has 1 aliphatic heterocycles. The van der Waals surface area contributed by atoms with Crippen molar-refractivity contribution in [3.05, 3.63) is 36.9 Å². The number of rotatable bonds is 4. The minimum absolute atomic E-state index is 0.684. The molecule has 0 aliphatic carbocycles. The number of hydrogen-bond acceptors (Lipinski definition) is 5. The monoisotopic (exact) mass is 255 g/mol. The summed E-state index contributed by atoms with van der Waals surface area (Å²) in [5.41, 5.74) is 2.09. The van der Waals surface area contributed by atoms with Gasteiger partial charge in [-0.1, -0.05) is 0 Å². The normalized spacial score (nSPS) is 18.4. The van der Waals surface area contributed by atoms with Crippen LogP contribution in [0.3, 0.4) is 0 Å². The Morgan fingerprint density at radius 1 is 1.16 bits per heavy atom. The quantitative estimate of drug-likeness (QED) is 0.868. The summed E-state index contributed by atoms with van der Waals surface area (Å²) in [7, 11) is 0. The summed E-state index contributed by atoms with van der Waals surface area (Å²) in [6.45, 7) is 3.14. The van der Waals surface area contributed by atoms with E-state index in [0.29, 0.717) is 11.9 Å². The number of hydrogen-bond donors (Lipinski definition) is 2. The lowest BCUT2D eigenvalue weighted by molar-refractivity contribution is 0.613. The van der Waals surface area contributed by atoms with E-state index in [9.17, 15) is 0 Å². The predicted molar refractivity (Wildman–Crippen MR) is 74.7 cm³/mol. The van der Waals surface area contributed by atoms with Crippen molar-refractivity contribution >= 4 is 5.95 Å². The Bertz CT molecular complexity index is 505. The van der Waals surface area contributed by atoms with Gasteiger partial charge in [0.2, 0.25) is 5.95 Å². The Kier molecular flexibility index (Phi) is 3.65. The van der Waals surface area contributed by atoms with Crippen LogP contribution in [0.5, 0.6) is 0 Å². The van der Waals surface area contributed by atoms with Crippen molar-refractivity contribution in [2.45, 2.75) is 6.42 Å². The van der Waals surface area contributed by atoms with E-state index in [1.165, 1.54) is 6.42 Å². The van der Waals surface area contributed by atoms with E-state index in [1.807, 2.05) is 24.5 Å². The predicted octanol–water partition coefficient (Wildman–Crippen LogP) is 1.56. The molecule has 0 bridgehead atoms. The van der Waals surface area contributed by atoms with Gasteiger partial charge < -0.3 is 10.6 Å². The Balaban J connectivity index is 1.62. The lowest BCUT2D eigenvalue weighted by atomic mass is 10.1. The van der Waals surface area contributed by atoms with Gasteiger partial charge in [-0.2, -0.15) is 0 Å². The minimum atomic E-state index is 0.684. The van der Waals surface area contributed by atoms with Gasteiger partial charge in [0.15, 0.2) is 0 Å². The summed E-state index contributed by atoms with van der Waals surface area (Å²) < 4.78 is 0. The van der Waals surface area contributed by atoms with E-state index in [0.717, 1.165) is 30.8 Å². The molecule has 0 aromatic carbocycles. The molecule has 3 rings (SSSR count). The van der Waals surface area contributed by atoms with Gasteiger partial charge >= 0.3 is 0 Å². The first-order chi connectivity index (χ1) is 9.42. The molecule has 19 heavy (non-hydrogen) atoms. The summed E-state index contributed by atoms with van der Waals surface area (Å²) in [5, 5.41) is 6.64. The highest BCUT2D eigenvalue weighted by Crippen LogP contribution is 2.16. The number of anilines is 1. The van der Waals surface area contributed by atoms with Crippen LogP contribution >= 0.6 is 0 Å². The van der Waals surface area contributed by atoms with E-state index in [4.69, 9.17) is 0 Å². The molecule has 0 amide bonds. The number of nitrogens with zero attached hydrogens (tertiary/aromatic N) is 3. The summed E-state index contributed by atoms with van der Waals surface area (Å²) >= 11 is 0. The van der Waals surface area contributed by atoms with Gasteiger partial charge in [-0.05, 0) is 43.1 Å². The third-order valence-corrected chi connectivity index (χ3v) is 3.38. The standard InChI is InChI=1S/C14H17N5/c1-4-16-7-11(1)8-17-14-18-9-13(10-19-14)12-2-5-15-6-3-12/h2-3,5-6,9-11,16H,1,4,7-8H2,(H,17,18,19). The van der Waals surface area contributed by atoms with E-state index < -0.39 is 0 Å². The molecule has 1 saturated heterocycles. The topological polar surface area (TPSA) is 62.7 Å². The molecule has 1 atom stereocenters. The summed E-state index contributed by atoms with van der Waals surface area (Å²) in [6.07, 6.45) is 8.46. The van der Waals surface area contributed by atoms with Crippen LogP contribution in [0.1, 0.15) is 6.42 Å². The molecule has 1 fully saturated rings. The Morgan fingerprint density at radius 3 is 2.63 bits per heavy atom. The molecule has 0 radical (unpaired) electrons. The van der Waals surface area contributed by atoms with Crippen molar-refractivity contribution in [3.63, 3.8) is 0 Å². The second-order valence-electron chi connectivity index (χ2n) is 4.77. The zero-order valence-electron chi connectivity index (χ0n) is 10.7. The molecule has 0 spiro atoms. The lowest BCUT2D eigenvalue weighted by Crippen LogP contribution is -2.18. The highest BCUT2D eigenvalue weighted by molar-refractivity contribution is 5.61. The second-order valence-corrected chi connectivity index (χ2v) is 4.77.